The first kappa shape index (κ1) is 59.7. The fourth-order valence-corrected chi connectivity index (χ4v) is 12.0. The zero-order chi connectivity index (χ0) is 57.2. The number of carbonyl (C=O) groups excluding carboxylic acids is 6. The number of allylic oxidation sites excluding steroid dienone is 1. The number of benzene rings is 3. The van der Waals surface area contributed by atoms with Crippen LogP contribution in [0.2, 0.25) is 0 Å². The van der Waals surface area contributed by atoms with Crippen molar-refractivity contribution in [2.45, 2.75) is 184 Å². The number of rotatable bonds is 15. The topological polar surface area (TPSA) is 187 Å². The monoisotopic (exact) mass is 1100 g/mol. The zero-order valence-corrected chi connectivity index (χ0v) is 50.0. The van der Waals surface area contributed by atoms with Crippen molar-refractivity contribution in [3.05, 3.63) is 117 Å². The maximum absolute atomic E-state index is 14.1. The van der Waals surface area contributed by atoms with Crippen molar-refractivity contribution >= 4 is 64.3 Å². The number of thiazole rings is 1. The highest BCUT2D eigenvalue weighted by Gasteiger charge is 2.50. The Kier molecular flexibility index (Phi) is 18.5. The second kappa shape index (κ2) is 24.2. The highest BCUT2D eigenvalue weighted by molar-refractivity contribution is 7.90. The van der Waals surface area contributed by atoms with E-state index in [1.54, 1.807) is 26.0 Å². The van der Waals surface area contributed by atoms with Crippen LogP contribution in [0, 0.1) is 23.2 Å². The number of fused-ring (bicyclic) bond motifs is 1. The summed E-state index contributed by atoms with van der Waals surface area (Å²) in [6.07, 6.45) is 4.44. The van der Waals surface area contributed by atoms with E-state index in [1.165, 1.54) is 10.4 Å². The summed E-state index contributed by atoms with van der Waals surface area (Å²) in [5.74, 6) is -0.290. The van der Waals surface area contributed by atoms with Gasteiger partial charge in [-0.15, -0.1) is 24.0 Å². The molecular formula is C62H84N8O6S2. The standard InChI is InChI=1S/C32H42N4O3S.C30H42N4O3S/c1-19(2)25-16-21(27(40)20(3)33)13-14-22(25)17-34-29(37)26-12-9-15-35(26)31(39)28(32(4,5)6)36-18-23-10-7-8-11-24(23)30(36)38;1-18(2)22-15-20(24-19(3)32-17-38-24)10-11-21(22)16-31-26(35)23-9-8-14-34(23)27(36)25(29(4,5)6)33-28(37)30(7)12-13-30/h7-8,10-11,13-14,16,19,26,28,40H,9,12,15,17-18,33H2,1-6H3,(H,34,37);10-11,15,17-18,23,25H,8-9,12-14,16H2,1-7H3,(H,31,35)(H,33,37)/b27-20-;. The Morgan fingerprint density at radius 3 is 1.85 bits per heavy atom. The molecule has 4 atom stereocenters. The third kappa shape index (κ3) is 13.4. The van der Waals surface area contributed by atoms with Gasteiger partial charge >= 0.3 is 0 Å². The van der Waals surface area contributed by atoms with Crippen LogP contribution < -0.4 is 21.7 Å². The number of nitrogens with zero attached hydrogens (tertiary/aromatic N) is 4. The van der Waals surface area contributed by atoms with Gasteiger partial charge in [-0.05, 0) is 132 Å². The lowest BCUT2D eigenvalue weighted by Gasteiger charge is -2.40. The molecule has 4 aromatic rings. The molecule has 5 N–H and O–H groups in total. The summed E-state index contributed by atoms with van der Waals surface area (Å²) in [5, 5.41) is 9.23. The molecule has 1 aromatic heterocycles. The quantitative estimate of drug-likeness (QED) is 0.0728. The van der Waals surface area contributed by atoms with E-state index in [2.05, 4.69) is 85.5 Å². The predicted molar refractivity (Wildman–Crippen MR) is 314 cm³/mol. The van der Waals surface area contributed by atoms with Crippen LogP contribution in [0.4, 0.5) is 0 Å². The molecule has 0 spiro atoms. The Morgan fingerprint density at radius 1 is 0.795 bits per heavy atom. The third-order valence-electron chi connectivity index (χ3n) is 15.9. The first-order valence-corrected chi connectivity index (χ1v) is 29.1. The van der Waals surface area contributed by atoms with Crippen LogP contribution in [0.3, 0.4) is 0 Å². The fourth-order valence-electron chi connectivity index (χ4n) is 11.0. The van der Waals surface area contributed by atoms with Gasteiger partial charge in [0.1, 0.15) is 24.2 Å². The van der Waals surface area contributed by atoms with Gasteiger partial charge in [0.25, 0.3) is 5.91 Å². The van der Waals surface area contributed by atoms with Gasteiger partial charge in [-0.3, -0.25) is 28.8 Å². The van der Waals surface area contributed by atoms with Crippen LogP contribution in [0.5, 0.6) is 0 Å². The second-order valence-corrected chi connectivity index (χ2v) is 26.2. The van der Waals surface area contributed by atoms with Crippen LogP contribution in [0.25, 0.3) is 15.3 Å². The van der Waals surface area contributed by atoms with E-state index in [9.17, 15) is 28.8 Å². The molecule has 0 bridgehead atoms. The summed E-state index contributed by atoms with van der Waals surface area (Å²) in [6.45, 7) is 28.3. The minimum Gasteiger partial charge on any atom is -0.401 e. The van der Waals surface area contributed by atoms with Crippen molar-refractivity contribution in [3.8, 4) is 10.4 Å². The van der Waals surface area contributed by atoms with Crippen LogP contribution in [-0.4, -0.2) is 92.4 Å². The highest BCUT2D eigenvalue weighted by Crippen LogP contribution is 2.45. The molecule has 8 rings (SSSR count). The second-order valence-electron chi connectivity index (χ2n) is 24.9. The molecule has 1 aliphatic carbocycles. The highest BCUT2D eigenvalue weighted by atomic mass is 32.1. The van der Waals surface area contributed by atoms with Crippen LogP contribution in [0.1, 0.15) is 183 Å². The van der Waals surface area contributed by atoms with Crippen LogP contribution in [-0.2, 0) is 43.6 Å². The number of nitrogens with two attached hydrogens (primary N) is 1. The minimum atomic E-state index is -0.671. The average Bonchev–Trinajstić information content (AvgIpc) is 3.88. The zero-order valence-electron chi connectivity index (χ0n) is 48.3. The molecule has 14 nitrogen and oxygen atoms in total. The molecule has 2 saturated heterocycles. The van der Waals surface area contributed by atoms with Crippen LogP contribution in [0.15, 0.2) is 71.9 Å². The Hall–Kier alpha value is -6.00. The predicted octanol–water partition coefficient (Wildman–Crippen LogP) is 10.2. The lowest BCUT2D eigenvalue weighted by Crippen LogP contribution is -2.58. The Morgan fingerprint density at radius 2 is 1.35 bits per heavy atom. The molecule has 4 aliphatic rings. The molecule has 3 aromatic carbocycles. The Bertz CT molecular complexity index is 2940. The number of aryl methyl sites for hydroxylation is 1. The number of likely N-dealkylation sites (tertiary alicyclic amines) is 2. The van der Waals surface area contributed by atoms with E-state index in [4.69, 9.17) is 5.73 Å². The minimum absolute atomic E-state index is 0.0656. The van der Waals surface area contributed by atoms with Crippen molar-refractivity contribution in [2.75, 3.05) is 13.1 Å². The molecule has 3 fully saturated rings. The van der Waals surface area contributed by atoms with Gasteiger partial charge in [0.15, 0.2) is 0 Å². The molecule has 78 heavy (non-hydrogen) atoms. The Balaban J connectivity index is 0.000000226. The van der Waals surface area contributed by atoms with E-state index in [-0.39, 0.29) is 46.8 Å². The molecule has 1 saturated carbocycles. The number of thiol groups is 1. The number of aromatic nitrogens is 1. The fraction of sp³-hybridized carbons (Fsp3) is 0.532. The van der Waals surface area contributed by atoms with Crippen molar-refractivity contribution in [3.63, 3.8) is 0 Å². The molecule has 0 radical (unpaired) electrons. The number of hydrogen-bond acceptors (Lipinski definition) is 10. The summed E-state index contributed by atoms with van der Waals surface area (Å²) in [7, 11) is 0. The first-order valence-electron chi connectivity index (χ1n) is 27.8. The molecular weight excluding hydrogens is 1020 g/mol. The summed E-state index contributed by atoms with van der Waals surface area (Å²) >= 11 is 6.18. The van der Waals surface area contributed by atoms with Crippen molar-refractivity contribution in [2.24, 2.45) is 22.0 Å². The summed E-state index contributed by atoms with van der Waals surface area (Å²) in [4.78, 5) is 92.2. The average molecular weight is 1100 g/mol. The normalized spacial score (nSPS) is 19.0. The van der Waals surface area contributed by atoms with Gasteiger partial charge in [0.2, 0.25) is 29.5 Å². The Labute approximate surface area is 472 Å². The molecule has 6 amide bonds. The molecule has 16 heteroatoms. The van der Waals surface area contributed by atoms with E-state index >= 15 is 0 Å². The SMILES string of the molecule is C/C(N)=C(/S)c1ccc(CNC(=O)C2CCCN2C(=O)C(N2Cc3ccccc3C2=O)C(C)(C)C)c(C(C)C)c1.Cc1ncsc1-c1ccc(CNC(=O)C2CCCN2C(=O)C(NC(=O)C2(C)CC2)C(C)(C)C)c(C(C)C)c1. The largest absolute Gasteiger partial charge is 0.401 e. The number of nitrogens with one attached hydrogen (secondary N) is 3. The van der Waals surface area contributed by atoms with Gasteiger partial charge in [0, 0.05) is 54.3 Å². The van der Waals surface area contributed by atoms with Gasteiger partial charge < -0.3 is 36.4 Å². The van der Waals surface area contributed by atoms with E-state index in [0.717, 1.165) is 69.7 Å². The van der Waals surface area contributed by atoms with E-state index in [1.807, 2.05) is 104 Å². The van der Waals surface area contributed by atoms with E-state index in [0.29, 0.717) is 62.7 Å². The lowest BCUT2D eigenvalue weighted by atomic mass is 9.84. The van der Waals surface area contributed by atoms with Gasteiger partial charge in [0.05, 0.1) is 16.1 Å². The van der Waals surface area contributed by atoms with Crippen LogP contribution >= 0.6 is 24.0 Å². The first-order chi connectivity index (χ1) is 36.6. The molecule has 4 heterocycles. The summed E-state index contributed by atoms with van der Waals surface area (Å²) in [6, 6.07) is 17.5. The number of amides is 6. The van der Waals surface area contributed by atoms with Gasteiger partial charge in [-0.2, -0.15) is 0 Å². The van der Waals surface area contributed by atoms with Gasteiger partial charge in [-0.25, -0.2) is 4.98 Å². The van der Waals surface area contributed by atoms with Crippen molar-refractivity contribution < 1.29 is 28.8 Å². The molecule has 420 valence electrons. The van der Waals surface area contributed by atoms with Gasteiger partial charge in [-0.1, -0.05) is 119 Å². The van der Waals surface area contributed by atoms with Crippen molar-refractivity contribution in [1.29, 1.82) is 0 Å². The maximum atomic E-state index is 14.1. The number of hydrogen-bond donors (Lipinski definition) is 5. The summed E-state index contributed by atoms with van der Waals surface area (Å²) < 4.78 is 0. The van der Waals surface area contributed by atoms with Crippen molar-refractivity contribution in [1.82, 2.24) is 35.6 Å². The molecule has 4 unspecified atom stereocenters. The lowest BCUT2D eigenvalue weighted by molar-refractivity contribution is -0.145. The maximum Gasteiger partial charge on any atom is 0.255 e. The summed E-state index contributed by atoms with van der Waals surface area (Å²) in [5.41, 5.74) is 16.2. The van der Waals surface area contributed by atoms with E-state index < -0.39 is 35.0 Å². The third-order valence-corrected chi connectivity index (χ3v) is 17.5. The molecule has 3 aliphatic heterocycles. The number of carbonyl (C=O) groups is 6. The smallest absolute Gasteiger partial charge is 0.255 e.